The van der Waals surface area contributed by atoms with Gasteiger partial charge >= 0.3 is 5.97 Å². The van der Waals surface area contributed by atoms with Crippen molar-refractivity contribution >= 4 is 65.1 Å². The van der Waals surface area contributed by atoms with Crippen LogP contribution in [0.3, 0.4) is 0 Å². The van der Waals surface area contributed by atoms with E-state index < -0.39 is 109 Å². The number of nitrogens with two attached hydrogens (primary N) is 5. The number of carbonyl (C=O) groups excluding carboxylic acids is 8. The Morgan fingerprint density at radius 3 is 1.58 bits per heavy atom. The minimum absolute atomic E-state index is 0.0209. The van der Waals surface area contributed by atoms with Crippen molar-refractivity contribution in [2.75, 3.05) is 45.9 Å². The highest BCUT2D eigenvalue weighted by Crippen LogP contribution is 2.26. The van der Waals surface area contributed by atoms with Gasteiger partial charge in [0, 0.05) is 45.6 Å². The molecule has 3 heterocycles. The van der Waals surface area contributed by atoms with Crippen LogP contribution in [0.15, 0.2) is 70.6 Å². The number of aliphatic carboxylic acids is 1. The highest BCUT2D eigenvalue weighted by atomic mass is 16.4. The number of likely N-dealkylation sites (tertiary alicyclic amines) is 3. The van der Waals surface area contributed by atoms with Crippen LogP contribution in [0.1, 0.15) is 75.3 Å². The largest absolute Gasteiger partial charge is 0.480 e. The number of carbonyl (C=O) groups is 9. The fourth-order valence-electron chi connectivity index (χ4n) is 9.55. The molecule has 0 saturated carbocycles. The van der Waals surface area contributed by atoms with Gasteiger partial charge in [-0.15, -0.1) is 0 Å². The van der Waals surface area contributed by atoms with Crippen LogP contribution in [0, 0.1) is 0 Å². The first-order valence-electron chi connectivity index (χ1n) is 25.6. The highest BCUT2D eigenvalue weighted by Gasteiger charge is 2.44. The zero-order chi connectivity index (χ0) is 55.3. The summed E-state index contributed by atoms with van der Waals surface area (Å²) in [5, 5.41) is 33.3. The van der Waals surface area contributed by atoms with Crippen molar-refractivity contribution in [1.29, 1.82) is 0 Å². The third-order valence-corrected chi connectivity index (χ3v) is 13.4. The zero-order valence-corrected chi connectivity index (χ0v) is 42.5. The van der Waals surface area contributed by atoms with Gasteiger partial charge in [-0.1, -0.05) is 60.7 Å². The summed E-state index contributed by atoms with van der Waals surface area (Å²) >= 11 is 0. The van der Waals surface area contributed by atoms with E-state index in [1.807, 2.05) is 0 Å². The standard InChI is InChI=1S/C50H73N15O11/c51-32(16-7-21-56-49(52)53)45(72)65-25-11-20-39(65)47(74)64-24-9-18-37(64)43(70)58-28-40(67)59-34(26-30-12-3-1-4-13-30)41(68)62-36(29-66)46(73)63-23-10-19-38(63)44(71)61-35(27-31-14-5-2-6-15-31)42(69)60-33(48(75)76)17-8-22-57-50(54)55/h1-6,12-15,32-39,66H,7-11,16-29,51H2,(H,58,70)(H,59,67)(H,60,69)(H,61,71)(H,62,68)(H,75,76)(H4,52,53,56)(H4,54,55,57)/t32-,33-,34-,35-,36-,37-,38-,39+/m0/s1. The molecule has 0 aromatic heterocycles. The molecule has 76 heavy (non-hydrogen) atoms. The van der Waals surface area contributed by atoms with E-state index in [1.54, 1.807) is 60.7 Å². The summed E-state index contributed by atoms with van der Waals surface area (Å²) in [5.74, 6) is -6.93. The molecular weight excluding hydrogens is 987 g/mol. The smallest absolute Gasteiger partial charge is 0.326 e. The predicted molar refractivity (Wildman–Crippen MR) is 278 cm³/mol. The average Bonchev–Trinajstić information content (AvgIpc) is 4.22. The number of nitrogens with one attached hydrogen (secondary N) is 5. The van der Waals surface area contributed by atoms with Gasteiger partial charge in [-0.3, -0.25) is 48.3 Å². The molecule has 26 heteroatoms. The van der Waals surface area contributed by atoms with Crippen LogP contribution < -0.4 is 55.3 Å². The van der Waals surface area contributed by atoms with E-state index in [0.29, 0.717) is 69.2 Å². The van der Waals surface area contributed by atoms with E-state index in [2.05, 4.69) is 36.6 Å². The Balaban J connectivity index is 1.21. The number of guanidine groups is 2. The van der Waals surface area contributed by atoms with Gasteiger partial charge in [-0.05, 0) is 75.3 Å². The highest BCUT2D eigenvalue weighted by molar-refractivity contribution is 5.98. The molecule has 414 valence electrons. The van der Waals surface area contributed by atoms with Gasteiger partial charge in [0.1, 0.15) is 42.3 Å². The normalized spacial score (nSPS) is 19.0. The predicted octanol–water partition coefficient (Wildman–Crippen LogP) is -3.99. The summed E-state index contributed by atoms with van der Waals surface area (Å²) in [5.41, 5.74) is 29.0. The Morgan fingerprint density at radius 2 is 1.05 bits per heavy atom. The first-order valence-corrected chi connectivity index (χ1v) is 25.6. The number of rotatable bonds is 27. The van der Waals surface area contributed by atoms with E-state index in [1.165, 1.54) is 14.7 Å². The molecule has 0 bridgehead atoms. The molecule has 8 amide bonds. The van der Waals surface area contributed by atoms with E-state index in [4.69, 9.17) is 28.7 Å². The molecule has 26 nitrogen and oxygen atoms in total. The van der Waals surface area contributed by atoms with Crippen molar-refractivity contribution in [3.63, 3.8) is 0 Å². The maximum Gasteiger partial charge on any atom is 0.326 e. The lowest BCUT2D eigenvalue weighted by molar-refractivity contribution is -0.147. The van der Waals surface area contributed by atoms with Crippen molar-refractivity contribution < 1.29 is 53.4 Å². The molecule has 0 aliphatic carbocycles. The number of aliphatic hydroxyl groups is 1. The number of aliphatic imine (C=N–C) groups is 2. The maximum atomic E-state index is 14.1. The van der Waals surface area contributed by atoms with Crippen LogP contribution in [0.5, 0.6) is 0 Å². The first kappa shape index (κ1) is 59.0. The number of carboxylic acid groups (broad SMARTS) is 1. The maximum absolute atomic E-state index is 14.1. The van der Waals surface area contributed by atoms with Crippen molar-refractivity contribution in [2.45, 2.75) is 125 Å². The lowest BCUT2D eigenvalue weighted by Crippen LogP contribution is -2.60. The number of hydrogen-bond acceptors (Lipinski definition) is 13. The van der Waals surface area contributed by atoms with E-state index >= 15 is 0 Å². The monoisotopic (exact) mass is 1060 g/mol. The van der Waals surface area contributed by atoms with Gasteiger partial charge < -0.3 is 80.2 Å². The fraction of sp³-hybridized carbons (Fsp3) is 0.540. The molecule has 17 N–H and O–H groups in total. The summed E-state index contributed by atoms with van der Waals surface area (Å²) in [4.78, 5) is 134. The summed E-state index contributed by atoms with van der Waals surface area (Å²) in [6.45, 7) is -0.442. The molecule has 0 spiro atoms. The van der Waals surface area contributed by atoms with E-state index in [9.17, 15) is 53.4 Å². The van der Waals surface area contributed by atoms with Crippen LogP contribution >= 0.6 is 0 Å². The second-order valence-corrected chi connectivity index (χ2v) is 19.0. The van der Waals surface area contributed by atoms with Gasteiger partial charge in [0.15, 0.2) is 11.9 Å². The van der Waals surface area contributed by atoms with Gasteiger partial charge in [-0.2, -0.15) is 0 Å². The topological polar surface area (TPSA) is 419 Å². The van der Waals surface area contributed by atoms with Crippen molar-refractivity contribution in [2.24, 2.45) is 38.7 Å². The van der Waals surface area contributed by atoms with Crippen LogP contribution in [-0.4, -0.2) is 184 Å². The summed E-state index contributed by atoms with van der Waals surface area (Å²) in [6.07, 6.45) is 3.13. The van der Waals surface area contributed by atoms with Crippen LogP contribution in [0.4, 0.5) is 0 Å². The van der Waals surface area contributed by atoms with Crippen LogP contribution in [0.25, 0.3) is 0 Å². The fourth-order valence-corrected chi connectivity index (χ4v) is 9.55. The lowest BCUT2D eigenvalue weighted by atomic mass is 10.0. The van der Waals surface area contributed by atoms with Crippen molar-refractivity contribution in [3.8, 4) is 0 Å². The van der Waals surface area contributed by atoms with Crippen LogP contribution in [0.2, 0.25) is 0 Å². The van der Waals surface area contributed by atoms with E-state index in [-0.39, 0.29) is 69.6 Å². The second kappa shape index (κ2) is 29.3. The number of hydrogen-bond donors (Lipinski definition) is 12. The number of benzene rings is 2. The molecule has 8 atom stereocenters. The molecule has 3 aliphatic rings. The SMILES string of the molecule is NC(N)=NCCC[C@H](NC(=O)[C@H](Cc1ccccc1)NC(=O)[C@@H]1CCCN1C(=O)[C@H](CO)NC(=O)[C@H](Cc1ccccc1)NC(=O)CNC(=O)[C@@H]1CCCN1C(=O)[C@H]1CCCN1C(=O)[C@@H](N)CCCN=C(N)N)C(=O)O. The first-order chi connectivity index (χ1) is 36.4. The van der Waals surface area contributed by atoms with Crippen LogP contribution in [-0.2, 0) is 56.0 Å². The Morgan fingerprint density at radius 1 is 0.579 bits per heavy atom. The van der Waals surface area contributed by atoms with Crippen molar-refractivity contribution in [1.82, 2.24) is 41.3 Å². The quantitative estimate of drug-likeness (QED) is 0.0231. The molecule has 2 aromatic carbocycles. The number of nitrogens with zero attached hydrogens (tertiary/aromatic N) is 5. The molecule has 5 rings (SSSR count). The number of carboxylic acids is 1. The molecule has 0 radical (unpaired) electrons. The Kier molecular flexibility index (Phi) is 22.7. The van der Waals surface area contributed by atoms with Crippen molar-refractivity contribution in [3.05, 3.63) is 71.8 Å². The molecule has 2 aromatic rings. The Labute approximate surface area is 440 Å². The minimum Gasteiger partial charge on any atom is -0.480 e. The molecule has 3 saturated heterocycles. The summed E-state index contributed by atoms with van der Waals surface area (Å²) in [7, 11) is 0. The third kappa shape index (κ3) is 17.4. The number of amides is 8. The molecular formula is C50H73N15O11. The van der Waals surface area contributed by atoms with Gasteiger partial charge in [-0.25, -0.2) is 4.79 Å². The van der Waals surface area contributed by atoms with E-state index in [0.717, 1.165) is 0 Å². The summed E-state index contributed by atoms with van der Waals surface area (Å²) < 4.78 is 0. The average molecular weight is 1060 g/mol. The Hall–Kier alpha value is -7.87. The third-order valence-electron chi connectivity index (χ3n) is 13.4. The molecule has 3 fully saturated rings. The molecule has 0 unspecified atom stereocenters. The second-order valence-electron chi connectivity index (χ2n) is 19.0. The minimum atomic E-state index is -1.59. The lowest BCUT2D eigenvalue weighted by Gasteiger charge is -2.32. The number of aliphatic hydroxyl groups excluding tert-OH is 1. The van der Waals surface area contributed by atoms with Gasteiger partial charge in [0.05, 0.1) is 19.2 Å². The Bertz CT molecular complexity index is 2400. The summed E-state index contributed by atoms with van der Waals surface area (Å²) in [6, 6.07) is 8.00. The van der Waals surface area contributed by atoms with Gasteiger partial charge in [0.25, 0.3) is 0 Å². The molecule has 3 aliphatic heterocycles. The van der Waals surface area contributed by atoms with Gasteiger partial charge in [0.2, 0.25) is 47.3 Å². The zero-order valence-electron chi connectivity index (χ0n) is 42.5.